The third-order valence-corrected chi connectivity index (χ3v) is 7.15. The normalized spacial score (nSPS) is 15.3. The van der Waals surface area contributed by atoms with E-state index in [1.54, 1.807) is 18.0 Å². The van der Waals surface area contributed by atoms with E-state index in [0.29, 0.717) is 16.5 Å². The molecule has 1 aliphatic rings. The van der Waals surface area contributed by atoms with Gasteiger partial charge in [0.15, 0.2) is 11.0 Å². The highest BCUT2D eigenvalue weighted by atomic mass is 35.5. The van der Waals surface area contributed by atoms with Gasteiger partial charge in [-0.3, -0.25) is 0 Å². The molecule has 200 valence electrons. The molecule has 7 nitrogen and oxygen atoms in total. The van der Waals surface area contributed by atoms with Crippen LogP contribution < -0.4 is 9.64 Å². The van der Waals surface area contributed by atoms with Gasteiger partial charge in [0.2, 0.25) is 0 Å². The number of alkyl halides is 3. The number of para-hydroxylation sites is 1. The van der Waals surface area contributed by atoms with E-state index in [9.17, 15) is 13.2 Å². The van der Waals surface area contributed by atoms with Gasteiger partial charge >= 0.3 is 6.36 Å². The molecule has 1 saturated heterocycles. The summed E-state index contributed by atoms with van der Waals surface area (Å²) in [6.45, 7) is 2.86. The number of thioether (sulfide) groups is 1. The fourth-order valence-electron chi connectivity index (χ4n) is 4.00. The second-order valence-corrected chi connectivity index (χ2v) is 10.0. The van der Waals surface area contributed by atoms with Gasteiger partial charge in [-0.15, -0.1) is 23.4 Å². The van der Waals surface area contributed by atoms with Crippen LogP contribution in [-0.2, 0) is 0 Å². The SMILES string of the molecule is Cc1cccc(Cl)c1N1CCCSC1=NN=Cc1ccc(-c2ncn(-c3ccc(OC(F)(F)F)cc3)n2)cc1. The summed E-state index contributed by atoms with van der Waals surface area (Å²) in [7, 11) is 0. The fourth-order valence-corrected chi connectivity index (χ4v) is 5.22. The fraction of sp³-hybridized carbons (Fsp3) is 0.185. The second kappa shape index (κ2) is 11.5. The Morgan fingerprint density at radius 3 is 2.54 bits per heavy atom. The zero-order valence-electron chi connectivity index (χ0n) is 20.6. The summed E-state index contributed by atoms with van der Waals surface area (Å²) in [5.74, 6) is 1.13. The summed E-state index contributed by atoms with van der Waals surface area (Å²) < 4.78 is 42.5. The lowest BCUT2D eigenvalue weighted by atomic mass is 10.1. The number of aromatic nitrogens is 3. The number of ether oxygens (including phenoxy) is 1. The average molecular weight is 571 g/mol. The molecule has 39 heavy (non-hydrogen) atoms. The summed E-state index contributed by atoms with van der Waals surface area (Å²) in [4.78, 5) is 6.43. The van der Waals surface area contributed by atoms with Crippen LogP contribution in [0.15, 0.2) is 83.3 Å². The lowest BCUT2D eigenvalue weighted by molar-refractivity contribution is -0.274. The third-order valence-electron chi connectivity index (χ3n) is 5.79. The minimum atomic E-state index is -4.74. The number of anilines is 1. The van der Waals surface area contributed by atoms with Gasteiger partial charge in [0.1, 0.15) is 12.1 Å². The number of aryl methyl sites for hydroxylation is 1. The van der Waals surface area contributed by atoms with Crippen molar-refractivity contribution in [2.45, 2.75) is 19.7 Å². The minimum Gasteiger partial charge on any atom is -0.406 e. The van der Waals surface area contributed by atoms with Crippen molar-refractivity contribution in [1.82, 2.24) is 14.8 Å². The van der Waals surface area contributed by atoms with Gasteiger partial charge in [0, 0.05) is 17.9 Å². The molecule has 0 N–H and O–H groups in total. The van der Waals surface area contributed by atoms with Crippen molar-refractivity contribution in [3.8, 4) is 22.8 Å². The predicted molar refractivity (Wildman–Crippen MR) is 149 cm³/mol. The zero-order chi connectivity index (χ0) is 27.4. The van der Waals surface area contributed by atoms with Crippen LogP contribution in [0.3, 0.4) is 0 Å². The van der Waals surface area contributed by atoms with E-state index in [-0.39, 0.29) is 5.75 Å². The number of hydrogen-bond acceptors (Lipinski definition) is 6. The zero-order valence-corrected chi connectivity index (χ0v) is 22.2. The summed E-state index contributed by atoms with van der Waals surface area (Å²) in [5, 5.41) is 14.7. The molecule has 0 bridgehead atoms. The molecule has 0 amide bonds. The van der Waals surface area contributed by atoms with E-state index in [4.69, 9.17) is 11.6 Å². The van der Waals surface area contributed by atoms with Crippen LogP contribution in [0.2, 0.25) is 5.02 Å². The molecule has 1 aromatic heterocycles. The van der Waals surface area contributed by atoms with Crippen LogP contribution in [0, 0.1) is 6.92 Å². The maximum absolute atomic E-state index is 12.4. The molecule has 0 atom stereocenters. The molecule has 0 radical (unpaired) electrons. The Hall–Kier alpha value is -3.83. The molecule has 1 fully saturated rings. The lowest BCUT2D eigenvalue weighted by Gasteiger charge is -2.30. The highest BCUT2D eigenvalue weighted by Crippen LogP contribution is 2.34. The number of rotatable bonds is 6. The molecule has 5 rings (SSSR count). The molecule has 0 spiro atoms. The van der Waals surface area contributed by atoms with Crippen molar-refractivity contribution in [3.63, 3.8) is 0 Å². The van der Waals surface area contributed by atoms with E-state index in [1.807, 2.05) is 49.4 Å². The molecular weight excluding hydrogens is 549 g/mol. The maximum atomic E-state index is 12.4. The first-order chi connectivity index (χ1) is 18.8. The lowest BCUT2D eigenvalue weighted by Crippen LogP contribution is -2.34. The first kappa shape index (κ1) is 26.8. The molecule has 1 aliphatic heterocycles. The van der Waals surface area contributed by atoms with E-state index >= 15 is 0 Å². The van der Waals surface area contributed by atoms with Crippen molar-refractivity contribution < 1.29 is 17.9 Å². The summed E-state index contributed by atoms with van der Waals surface area (Å²) in [6.07, 6.45) is -0.535. The number of halogens is 4. The Morgan fingerprint density at radius 2 is 1.82 bits per heavy atom. The smallest absolute Gasteiger partial charge is 0.406 e. The van der Waals surface area contributed by atoms with Crippen LogP contribution in [0.4, 0.5) is 18.9 Å². The van der Waals surface area contributed by atoms with Crippen molar-refractivity contribution in [1.29, 1.82) is 0 Å². The van der Waals surface area contributed by atoms with E-state index in [2.05, 4.69) is 29.9 Å². The van der Waals surface area contributed by atoms with Gasteiger partial charge in [0.05, 0.1) is 22.6 Å². The Balaban J connectivity index is 1.27. The average Bonchev–Trinajstić information content (AvgIpc) is 3.40. The molecule has 0 unspecified atom stereocenters. The number of hydrogen-bond donors (Lipinski definition) is 0. The summed E-state index contributed by atoms with van der Waals surface area (Å²) in [5.41, 5.74) is 4.22. The van der Waals surface area contributed by atoms with Crippen molar-refractivity contribution in [2.24, 2.45) is 10.2 Å². The molecule has 2 heterocycles. The molecular formula is C27H22ClF3N6OS. The van der Waals surface area contributed by atoms with E-state index < -0.39 is 6.36 Å². The quantitative estimate of drug-likeness (QED) is 0.182. The highest BCUT2D eigenvalue weighted by Gasteiger charge is 2.31. The third kappa shape index (κ3) is 6.61. The van der Waals surface area contributed by atoms with Gasteiger partial charge in [-0.05, 0) is 54.8 Å². The van der Waals surface area contributed by atoms with Gasteiger partial charge in [-0.2, -0.15) is 5.10 Å². The molecule has 3 aromatic carbocycles. The number of amidine groups is 1. The Bertz CT molecular complexity index is 1480. The largest absolute Gasteiger partial charge is 0.573 e. The van der Waals surface area contributed by atoms with Crippen molar-refractivity contribution in [2.75, 3.05) is 17.2 Å². The van der Waals surface area contributed by atoms with Crippen LogP contribution >= 0.6 is 23.4 Å². The van der Waals surface area contributed by atoms with Crippen LogP contribution in [0.25, 0.3) is 17.1 Å². The molecule has 0 saturated carbocycles. The summed E-state index contributed by atoms with van der Waals surface area (Å²) in [6, 6.07) is 18.7. The molecule has 0 aliphatic carbocycles. The number of nitrogens with zero attached hydrogens (tertiary/aromatic N) is 6. The van der Waals surface area contributed by atoms with Crippen LogP contribution in [0.5, 0.6) is 5.75 Å². The first-order valence-corrected chi connectivity index (χ1v) is 13.3. The Morgan fingerprint density at radius 1 is 1.05 bits per heavy atom. The van der Waals surface area contributed by atoms with Gasteiger partial charge in [0.25, 0.3) is 0 Å². The van der Waals surface area contributed by atoms with Crippen molar-refractivity contribution >= 4 is 40.4 Å². The topological polar surface area (TPSA) is 67.9 Å². The highest BCUT2D eigenvalue weighted by molar-refractivity contribution is 8.14. The monoisotopic (exact) mass is 570 g/mol. The van der Waals surface area contributed by atoms with E-state index in [1.165, 1.54) is 35.3 Å². The minimum absolute atomic E-state index is 0.303. The Kier molecular flexibility index (Phi) is 7.89. The summed E-state index contributed by atoms with van der Waals surface area (Å²) >= 11 is 8.14. The van der Waals surface area contributed by atoms with Gasteiger partial charge < -0.3 is 9.64 Å². The number of benzene rings is 3. The molecule has 12 heteroatoms. The van der Waals surface area contributed by atoms with Crippen LogP contribution in [-0.4, -0.2) is 44.8 Å². The van der Waals surface area contributed by atoms with Crippen molar-refractivity contribution in [3.05, 3.63) is 89.2 Å². The molecule has 4 aromatic rings. The van der Waals surface area contributed by atoms with Gasteiger partial charge in [-0.1, -0.05) is 59.8 Å². The van der Waals surface area contributed by atoms with Gasteiger partial charge in [-0.25, -0.2) is 9.67 Å². The van der Waals surface area contributed by atoms with Crippen LogP contribution in [0.1, 0.15) is 17.5 Å². The Labute approximate surface area is 232 Å². The van der Waals surface area contributed by atoms with E-state index in [0.717, 1.165) is 46.3 Å². The predicted octanol–water partition coefficient (Wildman–Crippen LogP) is 7.13. The first-order valence-electron chi connectivity index (χ1n) is 11.9. The standard InChI is InChI=1S/C27H22ClF3N6OS/c1-18-4-2-5-23(28)24(18)36-14-3-15-39-26(36)34-33-16-19-6-8-20(9-7-19)25-32-17-37(35-25)21-10-12-22(13-11-21)38-27(29,30)31/h2,4-13,16-17H,3,14-15H2,1H3. The maximum Gasteiger partial charge on any atom is 0.573 e. The second-order valence-electron chi connectivity index (χ2n) is 8.56.